The van der Waals surface area contributed by atoms with Crippen molar-refractivity contribution in [2.75, 3.05) is 45.2 Å². The van der Waals surface area contributed by atoms with Gasteiger partial charge in [0, 0.05) is 57.1 Å². The molecule has 0 aromatic heterocycles. The number of aromatic hydroxyl groups is 1. The van der Waals surface area contributed by atoms with Crippen LogP contribution in [0.15, 0.2) is 48.5 Å². The number of phenolic OH excluding ortho intramolecular Hbond substituents is 1. The molecule has 0 unspecified atom stereocenters. The summed E-state index contributed by atoms with van der Waals surface area (Å²) in [6, 6.07) is 13.8. The van der Waals surface area contributed by atoms with Gasteiger partial charge in [0.25, 0.3) is 11.8 Å². The van der Waals surface area contributed by atoms with E-state index >= 15 is 0 Å². The van der Waals surface area contributed by atoms with E-state index in [1.165, 1.54) is 12.1 Å². The van der Waals surface area contributed by atoms with E-state index in [1.807, 2.05) is 43.3 Å². The molecule has 1 saturated heterocycles. The van der Waals surface area contributed by atoms with Gasteiger partial charge < -0.3 is 19.8 Å². The van der Waals surface area contributed by atoms with Crippen LogP contribution in [0.3, 0.4) is 0 Å². The fourth-order valence-electron chi connectivity index (χ4n) is 2.98. The van der Waals surface area contributed by atoms with Gasteiger partial charge in [-0.15, -0.1) is 0 Å². The zero-order chi connectivity index (χ0) is 18.7. The molecule has 0 aliphatic carbocycles. The first-order chi connectivity index (χ1) is 12.5. The van der Waals surface area contributed by atoms with Gasteiger partial charge in [0.2, 0.25) is 0 Å². The number of carbonyl (C=O) groups is 2. The summed E-state index contributed by atoms with van der Waals surface area (Å²) in [5.74, 6) is 0.0525. The van der Waals surface area contributed by atoms with E-state index in [4.69, 9.17) is 0 Å². The average molecular weight is 353 g/mol. The highest BCUT2D eigenvalue weighted by Gasteiger charge is 2.25. The number of nitrogens with zero attached hydrogens (tertiary/aromatic N) is 3. The lowest BCUT2D eigenvalue weighted by molar-refractivity contribution is 0.0535. The molecule has 2 aromatic carbocycles. The highest BCUT2D eigenvalue weighted by molar-refractivity contribution is 5.96. The maximum atomic E-state index is 12.6. The van der Waals surface area contributed by atoms with Crippen molar-refractivity contribution in [2.45, 2.75) is 0 Å². The summed E-state index contributed by atoms with van der Waals surface area (Å²) in [5.41, 5.74) is 2.25. The maximum Gasteiger partial charge on any atom is 0.253 e. The van der Waals surface area contributed by atoms with Crippen LogP contribution in [-0.2, 0) is 0 Å². The molecule has 26 heavy (non-hydrogen) atoms. The summed E-state index contributed by atoms with van der Waals surface area (Å²) >= 11 is 0. The van der Waals surface area contributed by atoms with Gasteiger partial charge in [-0.3, -0.25) is 9.59 Å². The molecule has 1 aliphatic rings. The molecule has 1 heterocycles. The van der Waals surface area contributed by atoms with Crippen LogP contribution in [0.4, 0.5) is 5.69 Å². The molecule has 2 amide bonds. The highest BCUT2D eigenvalue weighted by atomic mass is 16.3. The Hall–Kier alpha value is -3.02. The lowest BCUT2D eigenvalue weighted by Gasteiger charge is -2.35. The first-order valence-corrected chi connectivity index (χ1v) is 8.60. The SMILES string of the molecule is CN(C)c1ccc(C(=O)N2CCN(C(=O)c3ccc(O)cc3)CC2)cc1. The third-order valence-electron chi connectivity index (χ3n) is 4.60. The van der Waals surface area contributed by atoms with Gasteiger partial charge in [-0.2, -0.15) is 0 Å². The Bertz CT molecular complexity index is 777. The smallest absolute Gasteiger partial charge is 0.253 e. The van der Waals surface area contributed by atoms with Gasteiger partial charge >= 0.3 is 0 Å². The third-order valence-corrected chi connectivity index (χ3v) is 4.60. The number of phenols is 1. The van der Waals surface area contributed by atoms with Crippen LogP contribution in [0.2, 0.25) is 0 Å². The van der Waals surface area contributed by atoms with E-state index < -0.39 is 0 Å². The van der Waals surface area contributed by atoms with Gasteiger partial charge in [0.05, 0.1) is 0 Å². The molecule has 0 spiro atoms. The summed E-state index contributed by atoms with van der Waals surface area (Å²) in [6.07, 6.45) is 0. The van der Waals surface area contributed by atoms with Crippen LogP contribution in [0.25, 0.3) is 0 Å². The molecule has 0 saturated carbocycles. The monoisotopic (exact) mass is 353 g/mol. The van der Waals surface area contributed by atoms with E-state index in [2.05, 4.69) is 0 Å². The van der Waals surface area contributed by atoms with Crippen LogP contribution >= 0.6 is 0 Å². The van der Waals surface area contributed by atoms with Crippen LogP contribution in [-0.4, -0.2) is 67.0 Å². The van der Waals surface area contributed by atoms with Crippen molar-refractivity contribution < 1.29 is 14.7 Å². The number of benzene rings is 2. The number of carbonyl (C=O) groups excluding carboxylic acids is 2. The first kappa shape index (κ1) is 17.8. The molecule has 2 aromatic rings. The summed E-state index contributed by atoms with van der Waals surface area (Å²) < 4.78 is 0. The second-order valence-electron chi connectivity index (χ2n) is 6.57. The molecule has 1 fully saturated rings. The van der Waals surface area contributed by atoms with Gasteiger partial charge in [0.1, 0.15) is 5.75 Å². The molecular formula is C20H23N3O3. The summed E-state index contributed by atoms with van der Waals surface area (Å²) in [4.78, 5) is 30.7. The fourth-order valence-corrected chi connectivity index (χ4v) is 2.98. The van der Waals surface area contributed by atoms with E-state index in [-0.39, 0.29) is 17.6 Å². The first-order valence-electron chi connectivity index (χ1n) is 8.60. The lowest BCUT2D eigenvalue weighted by atomic mass is 10.1. The Morgan fingerprint density at radius 1 is 0.769 bits per heavy atom. The molecule has 0 bridgehead atoms. The Kier molecular flexibility index (Phi) is 5.11. The van der Waals surface area contributed by atoms with Crippen LogP contribution in [0.1, 0.15) is 20.7 Å². The summed E-state index contributed by atoms with van der Waals surface area (Å²) in [7, 11) is 3.92. The van der Waals surface area contributed by atoms with E-state index in [1.54, 1.807) is 21.9 Å². The second-order valence-corrected chi connectivity index (χ2v) is 6.57. The molecule has 1 aliphatic heterocycles. The van der Waals surface area contributed by atoms with Crippen molar-refractivity contribution in [3.05, 3.63) is 59.7 Å². The van der Waals surface area contributed by atoms with Crippen molar-refractivity contribution in [2.24, 2.45) is 0 Å². The second kappa shape index (κ2) is 7.47. The van der Waals surface area contributed by atoms with Crippen LogP contribution in [0.5, 0.6) is 5.75 Å². The zero-order valence-electron chi connectivity index (χ0n) is 15.1. The number of piperazine rings is 1. The zero-order valence-corrected chi connectivity index (χ0v) is 15.1. The Morgan fingerprint density at radius 2 is 1.15 bits per heavy atom. The standard InChI is InChI=1S/C20H23N3O3/c1-21(2)17-7-3-15(4-8-17)19(25)22-11-13-23(14-12-22)20(26)16-5-9-18(24)10-6-16/h3-10,24H,11-14H2,1-2H3. The molecule has 136 valence electrons. The molecule has 6 heteroatoms. The minimum absolute atomic E-state index is 0.00737. The summed E-state index contributed by atoms with van der Waals surface area (Å²) in [6.45, 7) is 2.03. The molecular weight excluding hydrogens is 330 g/mol. The van der Waals surface area contributed by atoms with Crippen molar-refractivity contribution in [1.29, 1.82) is 0 Å². The minimum atomic E-state index is -0.0764. The van der Waals surface area contributed by atoms with Gasteiger partial charge in [0.15, 0.2) is 0 Å². The maximum absolute atomic E-state index is 12.6. The number of amides is 2. The normalized spacial score (nSPS) is 14.2. The van der Waals surface area contributed by atoms with Crippen molar-refractivity contribution in [1.82, 2.24) is 9.80 Å². The Morgan fingerprint density at radius 3 is 1.54 bits per heavy atom. The number of hydrogen-bond donors (Lipinski definition) is 1. The lowest BCUT2D eigenvalue weighted by Crippen LogP contribution is -2.50. The number of hydrogen-bond acceptors (Lipinski definition) is 4. The van der Waals surface area contributed by atoms with Crippen molar-refractivity contribution in [3.63, 3.8) is 0 Å². The van der Waals surface area contributed by atoms with Crippen LogP contribution in [0, 0.1) is 0 Å². The van der Waals surface area contributed by atoms with Crippen molar-refractivity contribution >= 4 is 17.5 Å². The van der Waals surface area contributed by atoms with E-state index in [0.29, 0.717) is 37.3 Å². The van der Waals surface area contributed by atoms with Gasteiger partial charge in [-0.05, 0) is 48.5 Å². The largest absolute Gasteiger partial charge is 0.508 e. The highest BCUT2D eigenvalue weighted by Crippen LogP contribution is 2.16. The predicted octanol–water partition coefficient (Wildman–Crippen LogP) is 2.06. The molecule has 0 atom stereocenters. The predicted molar refractivity (Wildman–Crippen MR) is 101 cm³/mol. The van der Waals surface area contributed by atoms with Gasteiger partial charge in [-0.1, -0.05) is 0 Å². The Labute approximate surface area is 153 Å². The quantitative estimate of drug-likeness (QED) is 0.917. The van der Waals surface area contributed by atoms with Crippen LogP contribution < -0.4 is 4.90 Å². The molecule has 6 nitrogen and oxygen atoms in total. The Balaban J connectivity index is 1.60. The average Bonchev–Trinajstić information content (AvgIpc) is 2.67. The molecule has 1 N–H and O–H groups in total. The van der Waals surface area contributed by atoms with E-state index in [9.17, 15) is 14.7 Å². The number of rotatable bonds is 3. The minimum Gasteiger partial charge on any atom is -0.508 e. The number of anilines is 1. The molecule has 0 radical (unpaired) electrons. The summed E-state index contributed by atoms with van der Waals surface area (Å²) in [5, 5.41) is 9.33. The van der Waals surface area contributed by atoms with Gasteiger partial charge in [-0.25, -0.2) is 0 Å². The topological polar surface area (TPSA) is 64.1 Å². The third kappa shape index (κ3) is 3.79. The van der Waals surface area contributed by atoms with E-state index in [0.717, 1.165) is 5.69 Å². The van der Waals surface area contributed by atoms with Crippen molar-refractivity contribution in [3.8, 4) is 5.75 Å². The fraction of sp³-hybridized carbons (Fsp3) is 0.300. The molecule has 3 rings (SSSR count).